The quantitative estimate of drug-likeness (QED) is 0.696. The Morgan fingerprint density at radius 1 is 0.962 bits per heavy atom. The Balaban J connectivity index is 1.80. The van der Waals surface area contributed by atoms with Crippen molar-refractivity contribution in [1.82, 2.24) is 4.98 Å². The molecule has 0 saturated carbocycles. The first kappa shape index (κ1) is 17.5. The monoisotopic (exact) mass is 353 g/mol. The Morgan fingerprint density at radius 3 is 2.38 bits per heavy atom. The van der Waals surface area contributed by atoms with E-state index in [-0.39, 0.29) is 17.4 Å². The maximum absolute atomic E-state index is 13.7. The van der Waals surface area contributed by atoms with Crippen LogP contribution in [0.4, 0.5) is 26.0 Å². The molecule has 2 aromatic carbocycles. The van der Waals surface area contributed by atoms with E-state index >= 15 is 0 Å². The fraction of sp³-hybridized carbons (Fsp3) is 0.100. The molecule has 0 aliphatic carbocycles. The van der Waals surface area contributed by atoms with Gasteiger partial charge in [-0.1, -0.05) is 12.1 Å². The molecule has 26 heavy (non-hydrogen) atoms. The molecule has 2 N–H and O–H groups in total. The number of hydrogen-bond acceptors (Lipinski definition) is 3. The number of carbonyl (C=O) groups is 1. The lowest BCUT2D eigenvalue weighted by atomic mass is 10.1. The van der Waals surface area contributed by atoms with Crippen LogP contribution in [0.25, 0.3) is 0 Å². The summed E-state index contributed by atoms with van der Waals surface area (Å²) in [6.45, 7) is 3.95. The van der Waals surface area contributed by atoms with Crippen LogP contribution in [0.2, 0.25) is 0 Å². The molecule has 0 radical (unpaired) electrons. The summed E-state index contributed by atoms with van der Waals surface area (Å²) in [6, 6.07) is 12.1. The molecule has 132 valence electrons. The first-order chi connectivity index (χ1) is 12.4. The highest BCUT2D eigenvalue weighted by atomic mass is 19.1. The largest absolute Gasteiger partial charge is 0.335 e. The van der Waals surface area contributed by atoms with Crippen LogP contribution in [-0.2, 0) is 0 Å². The van der Waals surface area contributed by atoms with E-state index in [1.54, 1.807) is 0 Å². The number of para-hydroxylation sites is 1. The minimum Gasteiger partial charge on any atom is -0.335 e. The van der Waals surface area contributed by atoms with Gasteiger partial charge in [0.05, 0.1) is 0 Å². The maximum atomic E-state index is 13.7. The molecule has 1 amide bonds. The minimum atomic E-state index is -0.739. The van der Waals surface area contributed by atoms with E-state index in [9.17, 15) is 13.6 Å². The number of carbonyl (C=O) groups excluding carboxylic acids is 1. The van der Waals surface area contributed by atoms with E-state index < -0.39 is 11.6 Å². The first-order valence-corrected chi connectivity index (χ1v) is 8.00. The zero-order chi connectivity index (χ0) is 18.7. The van der Waals surface area contributed by atoms with Gasteiger partial charge in [-0.25, -0.2) is 13.8 Å². The second kappa shape index (κ2) is 7.31. The van der Waals surface area contributed by atoms with Crippen molar-refractivity contribution in [2.75, 3.05) is 10.6 Å². The fourth-order valence-corrected chi connectivity index (χ4v) is 2.41. The number of anilines is 3. The molecule has 4 nitrogen and oxygen atoms in total. The van der Waals surface area contributed by atoms with E-state index in [1.165, 1.54) is 24.4 Å². The number of nitrogens with zero attached hydrogens (tertiary/aromatic N) is 1. The summed E-state index contributed by atoms with van der Waals surface area (Å²) >= 11 is 0. The molecular weight excluding hydrogens is 336 g/mol. The SMILES string of the molecule is Cc1ccc(NC(=O)c2ccnc(Nc3c(F)cccc3F)c2)cc1C. The van der Waals surface area contributed by atoms with Crippen LogP contribution in [0.1, 0.15) is 21.5 Å². The Morgan fingerprint density at radius 2 is 1.69 bits per heavy atom. The predicted molar refractivity (Wildman–Crippen MR) is 97.7 cm³/mol. The maximum Gasteiger partial charge on any atom is 0.255 e. The molecule has 0 spiro atoms. The third kappa shape index (κ3) is 3.85. The highest BCUT2D eigenvalue weighted by molar-refractivity contribution is 6.04. The number of amides is 1. The lowest BCUT2D eigenvalue weighted by molar-refractivity contribution is 0.102. The van der Waals surface area contributed by atoms with Crippen LogP contribution in [0.3, 0.4) is 0 Å². The van der Waals surface area contributed by atoms with Gasteiger partial charge >= 0.3 is 0 Å². The summed E-state index contributed by atoms with van der Waals surface area (Å²) in [6.07, 6.45) is 1.40. The van der Waals surface area contributed by atoms with E-state index in [0.29, 0.717) is 11.3 Å². The number of hydrogen-bond donors (Lipinski definition) is 2. The van der Waals surface area contributed by atoms with E-state index in [1.807, 2.05) is 32.0 Å². The molecule has 0 bridgehead atoms. The van der Waals surface area contributed by atoms with Crippen molar-refractivity contribution in [1.29, 1.82) is 0 Å². The van der Waals surface area contributed by atoms with Crippen molar-refractivity contribution in [3.8, 4) is 0 Å². The highest BCUT2D eigenvalue weighted by Gasteiger charge is 2.12. The summed E-state index contributed by atoms with van der Waals surface area (Å²) in [4.78, 5) is 16.4. The molecule has 1 aromatic heterocycles. The average Bonchev–Trinajstić information content (AvgIpc) is 2.62. The van der Waals surface area contributed by atoms with Gasteiger partial charge in [0.25, 0.3) is 5.91 Å². The van der Waals surface area contributed by atoms with Crippen molar-refractivity contribution >= 4 is 23.1 Å². The smallest absolute Gasteiger partial charge is 0.255 e. The summed E-state index contributed by atoms with van der Waals surface area (Å²) < 4.78 is 27.5. The summed E-state index contributed by atoms with van der Waals surface area (Å²) in [5, 5.41) is 5.37. The van der Waals surface area contributed by atoms with Gasteiger partial charge in [0, 0.05) is 17.4 Å². The molecule has 0 atom stereocenters. The Kier molecular flexibility index (Phi) is 4.93. The topological polar surface area (TPSA) is 54.0 Å². The number of aryl methyl sites for hydroxylation is 2. The van der Waals surface area contributed by atoms with Gasteiger partial charge < -0.3 is 10.6 Å². The molecule has 0 saturated heterocycles. The van der Waals surface area contributed by atoms with Crippen LogP contribution < -0.4 is 10.6 Å². The highest BCUT2D eigenvalue weighted by Crippen LogP contribution is 2.23. The molecule has 0 aliphatic rings. The van der Waals surface area contributed by atoms with E-state index in [4.69, 9.17) is 0 Å². The number of nitrogens with one attached hydrogen (secondary N) is 2. The second-order valence-electron chi connectivity index (χ2n) is 5.90. The molecule has 6 heteroatoms. The van der Waals surface area contributed by atoms with Gasteiger partial charge in [0.15, 0.2) is 0 Å². The van der Waals surface area contributed by atoms with Gasteiger partial charge in [-0.15, -0.1) is 0 Å². The second-order valence-corrected chi connectivity index (χ2v) is 5.90. The molecular formula is C20H17F2N3O. The third-order valence-corrected chi connectivity index (χ3v) is 4.00. The van der Waals surface area contributed by atoms with Crippen molar-refractivity contribution in [2.45, 2.75) is 13.8 Å². The van der Waals surface area contributed by atoms with Gasteiger partial charge in [-0.2, -0.15) is 0 Å². The number of pyridine rings is 1. The fourth-order valence-electron chi connectivity index (χ4n) is 2.41. The zero-order valence-corrected chi connectivity index (χ0v) is 14.3. The number of rotatable bonds is 4. The lowest BCUT2D eigenvalue weighted by Crippen LogP contribution is -2.12. The molecule has 1 heterocycles. The van der Waals surface area contributed by atoms with Crippen LogP contribution in [0.5, 0.6) is 0 Å². The molecule has 0 aliphatic heterocycles. The average molecular weight is 353 g/mol. The molecule has 0 fully saturated rings. The summed E-state index contributed by atoms with van der Waals surface area (Å²) in [5.74, 6) is -1.65. The van der Waals surface area contributed by atoms with Crippen molar-refractivity contribution in [3.05, 3.63) is 83.1 Å². The van der Waals surface area contributed by atoms with Crippen LogP contribution in [0, 0.1) is 25.5 Å². The minimum absolute atomic E-state index is 0.168. The standard InChI is InChI=1S/C20H17F2N3O/c1-12-6-7-15(10-13(12)2)24-20(26)14-8-9-23-18(11-14)25-19-16(21)4-3-5-17(19)22/h3-11H,1-2H3,(H,23,25)(H,24,26). The van der Waals surface area contributed by atoms with E-state index in [2.05, 4.69) is 15.6 Å². The van der Waals surface area contributed by atoms with Crippen molar-refractivity contribution in [3.63, 3.8) is 0 Å². The van der Waals surface area contributed by atoms with Crippen molar-refractivity contribution < 1.29 is 13.6 Å². The first-order valence-electron chi connectivity index (χ1n) is 8.00. The van der Waals surface area contributed by atoms with Gasteiger partial charge in [-0.05, 0) is 61.4 Å². The zero-order valence-electron chi connectivity index (χ0n) is 14.3. The Labute approximate surface area is 149 Å². The van der Waals surface area contributed by atoms with Crippen LogP contribution in [0.15, 0.2) is 54.7 Å². The van der Waals surface area contributed by atoms with Crippen LogP contribution in [-0.4, -0.2) is 10.9 Å². The summed E-state index contributed by atoms with van der Waals surface area (Å²) in [7, 11) is 0. The predicted octanol–water partition coefficient (Wildman–Crippen LogP) is 4.97. The van der Waals surface area contributed by atoms with Gasteiger partial charge in [0.2, 0.25) is 0 Å². The third-order valence-electron chi connectivity index (χ3n) is 4.00. The Bertz CT molecular complexity index is 953. The Hall–Kier alpha value is -3.28. The molecule has 0 unspecified atom stereocenters. The van der Waals surface area contributed by atoms with Crippen molar-refractivity contribution in [2.24, 2.45) is 0 Å². The van der Waals surface area contributed by atoms with E-state index in [0.717, 1.165) is 23.3 Å². The number of halogens is 2. The molecule has 3 aromatic rings. The number of aromatic nitrogens is 1. The van der Waals surface area contributed by atoms with Crippen LogP contribution >= 0.6 is 0 Å². The van der Waals surface area contributed by atoms with Gasteiger partial charge in [0.1, 0.15) is 23.1 Å². The number of benzene rings is 2. The lowest BCUT2D eigenvalue weighted by Gasteiger charge is -2.10. The summed E-state index contributed by atoms with van der Waals surface area (Å²) in [5.41, 5.74) is 2.87. The normalized spacial score (nSPS) is 10.5. The molecule has 3 rings (SSSR count). The van der Waals surface area contributed by atoms with Gasteiger partial charge in [-0.3, -0.25) is 4.79 Å².